The van der Waals surface area contributed by atoms with Crippen LogP contribution in [0.25, 0.3) is 0 Å². The molecule has 0 spiro atoms. The molecule has 3 N–H and O–H groups in total. The predicted molar refractivity (Wildman–Crippen MR) is 67.9 cm³/mol. The Morgan fingerprint density at radius 3 is 2.55 bits per heavy atom. The maximum atomic E-state index is 12.3. The summed E-state index contributed by atoms with van der Waals surface area (Å²) in [6.45, 7) is 2.30. The number of nitrogens with zero attached hydrogens (tertiary/aromatic N) is 2. The Hall–Kier alpha value is -1.83. The maximum absolute atomic E-state index is 12.3. The Kier molecular flexibility index (Phi) is 4.12. The second-order valence-electron chi connectivity index (χ2n) is 5.31. The van der Waals surface area contributed by atoms with Gasteiger partial charge in [0.25, 0.3) is 0 Å². The summed E-state index contributed by atoms with van der Waals surface area (Å²) in [4.78, 5) is 37.1. The van der Waals surface area contributed by atoms with Gasteiger partial charge in [-0.1, -0.05) is 0 Å². The summed E-state index contributed by atoms with van der Waals surface area (Å²) in [5, 5.41) is 21.4. The summed E-state index contributed by atoms with van der Waals surface area (Å²) in [7, 11) is 0. The smallest absolute Gasteiger partial charge is 0.326 e. The van der Waals surface area contributed by atoms with Crippen molar-refractivity contribution >= 4 is 17.9 Å². The van der Waals surface area contributed by atoms with E-state index in [1.165, 1.54) is 16.7 Å². The van der Waals surface area contributed by atoms with E-state index in [1.807, 2.05) is 0 Å². The Bertz CT molecular complexity index is 427. The standard InChI is InChI=1S/C12H19N3O5/c1-7(16)13-8-2-3-14(5-8)12(20)15-6-9(17)4-10(15)11(18)19/h8-10,17H,2-6H2,1H3,(H,13,16)(H,18,19). The highest BCUT2D eigenvalue weighted by atomic mass is 16.4. The number of nitrogens with one attached hydrogen (secondary N) is 1. The highest BCUT2D eigenvalue weighted by molar-refractivity contribution is 5.84. The number of hydrogen-bond acceptors (Lipinski definition) is 4. The SMILES string of the molecule is CC(=O)NC1CCN(C(=O)N2CC(O)CC2C(=O)O)C1. The number of likely N-dealkylation sites (tertiary alicyclic amines) is 2. The number of urea groups is 1. The van der Waals surface area contributed by atoms with Gasteiger partial charge in [0.1, 0.15) is 6.04 Å². The van der Waals surface area contributed by atoms with Crippen molar-refractivity contribution < 1.29 is 24.6 Å². The molecule has 0 radical (unpaired) electrons. The second kappa shape index (κ2) is 5.66. The van der Waals surface area contributed by atoms with Crippen molar-refractivity contribution in [1.82, 2.24) is 15.1 Å². The molecule has 2 saturated heterocycles. The molecule has 112 valence electrons. The third-order valence-electron chi connectivity index (χ3n) is 3.68. The molecule has 3 amide bonds. The maximum Gasteiger partial charge on any atom is 0.326 e. The molecule has 2 rings (SSSR count). The first kappa shape index (κ1) is 14.6. The fraction of sp³-hybridized carbons (Fsp3) is 0.750. The third-order valence-corrected chi connectivity index (χ3v) is 3.68. The molecule has 0 aliphatic carbocycles. The van der Waals surface area contributed by atoms with Crippen LogP contribution in [0.1, 0.15) is 19.8 Å². The van der Waals surface area contributed by atoms with Crippen LogP contribution in [0, 0.1) is 0 Å². The molecule has 3 unspecified atom stereocenters. The summed E-state index contributed by atoms with van der Waals surface area (Å²) >= 11 is 0. The highest BCUT2D eigenvalue weighted by Crippen LogP contribution is 2.22. The number of aliphatic hydroxyl groups excluding tert-OH is 1. The van der Waals surface area contributed by atoms with Crippen molar-refractivity contribution in [2.75, 3.05) is 19.6 Å². The van der Waals surface area contributed by atoms with Gasteiger partial charge in [-0.2, -0.15) is 0 Å². The van der Waals surface area contributed by atoms with Gasteiger partial charge in [0.2, 0.25) is 5.91 Å². The molecular weight excluding hydrogens is 266 g/mol. The number of β-amino-alcohol motifs (C(OH)–C–C–N with tert-alkyl or cyclic N) is 1. The number of aliphatic hydroxyl groups is 1. The average molecular weight is 285 g/mol. The van der Waals surface area contributed by atoms with Crippen LogP contribution in [0.3, 0.4) is 0 Å². The largest absolute Gasteiger partial charge is 0.480 e. The van der Waals surface area contributed by atoms with Gasteiger partial charge in [-0.25, -0.2) is 9.59 Å². The number of hydrogen-bond donors (Lipinski definition) is 3. The topological polar surface area (TPSA) is 110 Å². The zero-order valence-electron chi connectivity index (χ0n) is 11.3. The summed E-state index contributed by atoms with van der Waals surface area (Å²) in [5.41, 5.74) is 0. The Morgan fingerprint density at radius 1 is 1.25 bits per heavy atom. The molecule has 20 heavy (non-hydrogen) atoms. The molecule has 8 nitrogen and oxygen atoms in total. The number of carboxylic acid groups (broad SMARTS) is 1. The molecule has 2 heterocycles. The fourth-order valence-corrected chi connectivity index (χ4v) is 2.78. The number of carbonyl (C=O) groups excluding carboxylic acids is 2. The highest BCUT2D eigenvalue weighted by Gasteiger charge is 2.41. The Balaban J connectivity index is 1.97. The summed E-state index contributed by atoms with van der Waals surface area (Å²) in [6.07, 6.45) is -0.0856. The van der Waals surface area contributed by atoms with Gasteiger partial charge in [-0.15, -0.1) is 0 Å². The van der Waals surface area contributed by atoms with Crippen molar-refractivity contribution in [1.29, 1.82) is 0 Å². The van der Waals surface area contributed by atoms with E-state index in [0.29, 0.717) is 19.5 Å². The molecule has 0 aromatic heterocycles. The van der Waals surface area contributed by atoms with E-state index in [0.717, 1.165) is 0 Å². The van der Waals surface area contributed by atoms with E-state index in [1.54, 1.807) is 0 Å². The second-order valence-corrected chi connectivity index (χ2v) is 5.31. The minimum atomic E-state index is -1.10. The number of carboxylic acids is 1. The third kappa shape index (κ3) is 3.01. The lowest BCUT2D eigenvalue weighted by Crippen LogP contribution is -2.48. The van der Waals surface area contributed by atoms with Crippen molar-refractivity contribution in [2.24, 2.45) is 0 Å². The minimum absolute atomic E-state index is 0.0388. The molecule has 2 fully saturated rings. The number of aliphatic carboxylic acids is 1. The quantitative estimate of drug-likeness (QED) is 0.592. The van der Waals surface area contributed by atoms with Gasteiger partial charge in [-0.05, 0) is 6.42 Å². The molecule has 0 saturated carbocycles. The summed E-state index contributed by atoms with van der Waals surface area (Å²) in [6, 6.07) is -1.45. The van der Waals surface area contributed by atoms with E-state index < -0.39 is 18.1 Å². The van der Waals surface area contributed by atoms with E-state index in [2.05, 4.69) is 5.32 Å². The molecule has 0 aromatic rings. The Labute approximate surface area is 116 Å². The van der Waals surface area contributed by atoms with Crippen LogP contribution in [0.2, 0.25) is 0 Å². The van der Waals surface area contributed by atoms with Gasteiger partial charge in [0, 0.05) is 39.0 Å². The predicted octanol–water partition coefficient (Wildman–Crippen LogP) is -1.16. The average Bonchev–Trinajstić information content (AvgIpc) is 2.94. The van der Waals surface area contributed by atoms with Gasteiger partial charge < -0.3 is 25.3 Å². The summed E-state index contributed by atoms with van der Waals surface area (Å²) in [5.74, 6) is -1.25. The van der Waals surface area contributed by atoms with Crippen LogP contribution < -0.4 is 5.32 Å². The molecule has 0 bridgehead atoms. The van der Waals surface area contributed by atoms with Crippen LogP contribution in [-0.2, 0) is 9.59 Å². The number of amides is 3. The Morgan fingerprint density at radius 2 is 1.95 bits per heavy atom. The van der Waals surface area contributed by atoms with Gasteiger partial charge in [0.05, 0.1) is 6.10 Å². The van der Waals surface area contributed by atoms with Crippen molar-refractivity contribution in [3.05, 3.63) is 0 Å². The first-order valence-electron chi connectivity index (χ1n) is 6.62. The van der Waals surface area contributed by atoms with E-state index in [9.17, 15) is 19.5 Å². The van der Waals surface area contributed by atoms with E-state index >= 15 is 0 Å². The first-order chi connectivity index (χ1) is 9.38. The first-order valence-corrected chi connectivity index (χ1v) is 6.62. The van der Waals surface area contributed by atoms with Crippen LogP contribution in [0.4, 0.5) is 4.79 Å². The van der Waals surface area contributed by atoms with E-state index in [4.69, 9.17) is 5.11 Å². The minimum Gasteiger partial charge on any atom is -0.480 e. The van der Waals surface area contributed by atoms with Gasteiger partial charge in [0.15, 0.2) is 0 Å². The molecule has 0 aromatic carbocycles. The number of carbonyl (C=O) groups is 3. The van der Waals surface area contributed by atoms with Crippen LogP contribution in [0.15, 0.2) is 0 Å². The van der Waals surface area contributed by atoms with Crippen LogP contribution in [0.5, 0.6) is 0 Å². The summed E-state index contributed by atoms with van der Waals surface area (Å²) < 4.78 is 0. The lowest BCUT2D eigenvalue weighted by Gasteiger charge is -2.27. The zero-order chi connectivity index (χ0) is 14.9. The molecule has 2 aliphatic heterocycles. The number of rotatable bonds is 2. The molecular formula is C12H19N3O5. The lowest BCUT2D eigenvalue weighted by atomic mass is 10.2. The van der Waals surface area contributed by atoms with Crippen molar-refractivity contribution in [3.8, 4) is 0 Å². The van der Waals surface area contributed by atoms with E-state index in [-0.39, 0.29) is 30.9 Å². The monoisotopic (exact) mass is 285 g/mol. The van der Waals surface area contributed by atoms with Gasteiger partial charge >= 0.3 is 12.0 Å². The molecule has 8 heteroatoms. The van der Waals surface area contributed by atoms with Gasteiger partial charge in [-0.3, -0.25) is 4.79 Å². The molecule has 3 atom stereocenters. The fourth-order valence-electron chi connectivity index (χ4n) is 2.78. The normalized spacial score (nSPS) is 29.6. The molecule has 2 aliphatic rings. The van der Waals surface area contributed by atoms with Crippen LogP contribution in [-0.4, -0.2) is 75.7 Å². The van der Waals surface area contributed by atoms with Crippen molar-refractivity contribution in [2.45, 2.75) is 38.0 Å². The van der Waals surface area contributed by atoms with Crippen LogP contribution >= 0.6 is 0 Å². The zero-order valence-corrected chi connectivity index (χ0v) is 11.3. The lowest BCUT2D eigenvalue weighted by molar-refractivity contribution is -0.141. The van der Waals surface area contributed by atoms with Crippen molar-refractivity contribution in [3.63, 3.8) is 0 Å².